The van der Waals surface area contributed by atoms with Crippen molar-refractivity contribution < 1.29 is 14.4 Å². The average molecular weight is 394 g/mol. The molecule has 3 aromatic rings. The number of hydrogen-bond donors (Lipinski definition) is 2. The molecule has 4 rings (SSSR count). The fraction of sp³-hybridized carbons (Fsp3) is 0.409. The summed E-state index contributed by atoms with van der Waals surface area (Å²) in [5, 5.41) is 11.7. The number of carbonyl (C=O) groups excluding carboxylic acids is 1. The van der Waals surface area contributed by atoms with E-state index in [1.807, 2.05) is 31.2 Å². The quantitative estimate of drug-likeness (QED) is 0.671. The number of hydrogen-bond acceptors (Lipinski definition) is 4. The number of rotatable bonds is 6. The number of para-hydroxylation sites is 2. The van der Waals surface area contributed by atoms with Crippen LogP contribution in [0, 0.1) is 6.92 Å². The Morgan fingerprint density at radius 3 is 2.83 bits per heavy atom. The number of nitrogens with one attached hydrogen (secondary N) is 2. The predicted octanol–water partition coefficient (Wildman–Crippen LogP) is 2.00. The van der Waals surface area contributed by atoms with Gasteiger partial charge in [-0.1, -0.05) is 23.4 Å². The highest BCUT2D eigenvalue weighted by Gasteiger charge is 2.27. The van der Waals surface area contributed by atoms with Crippen molar-refractivity contribution in [1.82, 2.24) is 15.0 Å². The van der Waals surface area contributed by atoms with Crippen LogP contribution in [0.15, 0.2) is 42.5 Å². The van der Waals surface area contributed by atoms with Crippen LogP contribution in [0.1, 0.15) is 31.4 Å². The first-order chi connectivity index (χ1) is 14.1. The molecule has 1 amide bonds. The van der Waals surface area contributed by atoms with Gasteiger partial charge < -0.3 is 15.0 Å². The second-order valence-electron chi connectivity index (χ2n) is 7.66. The normalized spacial score (nSPS) is 19.2. The molecule has 0 atom stereocenters. The van der Waals surface area contributed by atoms with Crippen molar-refractivity contribution in [2.75, 3.05) is 31.6 Å². The summed E-state index contributed by atoms with van der Waals surface area (Å²) < 4.78 is 7.65. The van der Waals surface area contributed by atoms with E-state index >= 15 is 0 Å². The van der Waals surface area contributed by atoms with Gasteiger partial charge in [-0.05, 0) is 43.7 Å². The van der Waals surface area contributed by atoms with Crippen molar-refractivity contribution in [2.45, 2.75) is 32.7 Å². The number of ether oxygens (including phenoxy) is 1. The Bertz CT molecular complexity index is 992. The molecule has 0 saturated carbocycles. The van der Waals surface area contributed by atoms with Crippen LogP contribution in [0.25, 0.3) is 11.0 Å². The maximum atomic E-state index is 12.5. The molecule has 1 aliphatic rings. The first-order valence-corrected chi connectivity index (χ1v) is 10.3. The van der Waals surface area contributed by atoms with Crippen molar-refractivity contribution in [1.29, 1.82) is 0 Å². The minimum absolute atomic E-state index is 0.0206. The van der Waals surface area contributed by atoms with Crippen LogP contribution in [0.2, 0.25) is 0 Å². The number of nitrogens with zero attached hydrogens (tertiary/aromatic N) is 3. The summed E-state index contributed by atoms with van der Waals surface area (Å²) >= 11 is 0. The lowest BCUT2D eigenvalue weighted by molar-refractivity contribution is -0.897. The summed E-state index contributed by atoms with van der Waals surface area (Å²) in [5.74, 6) is 0.734. The number of piperidine rings is 1. The lowest BCUT2D eigenvalue weighted by atomic mass is 10.0. The number of benzene rings is 2. The molecule has 2 aromatic carbocycles. The Labute approximate surface area is 170 Å². The molecule has 1 aliphatic heterocycles. The molecule has 2 N–H and O–H groups in total. The number of quaternary nitrogens is 1. The zero-order valence-electron chi connectivity index (χ0n) is 17.0. The van der Waals surface area contributed by atoms with E-state index in [0.717, 1.165) is 42.7 Å². The molecule has 152 valence electrons. The summed E-state index contributed by atoms with van der Waals surface area (Å²) in [6.07, 6.45) is 1.98. The first kappa shape index (κ1) is 19.4. The molecule has 0 bridgehead atoms. The smallest absolute Gasteiger partial charge is 0.279 e. The van der Waals surface area contributed by atoms with Crippen LogP contribution in [-0.4, -0.2) is 47.1 Å². The third-order valence-electron chi connectivity index (χ3n) is 5.51. The van der Waals surface area contributed by atoms with Crippen molar-refractivity contribution in [3.8, 4) is 5.75 Å². The molecule has 7 heteroatoms. The van der Waals surface area contributed by atoms with E-state index in [0.29, 0.717) is 24.9 Å². The van der Waals surface area contributed by atoms with Crippen LogP contribution < -0.4 is 15.0 Å². The Kier molecular flexibility index (Phi) is 5.76. The summed E-state index contributed by atoms with van der Waals surface area (Å²) in [6.45, 7) is 6.92. The van der Waals surface area contributed by atoms with Gasteiger partial charge >= 0.3 is 0 Å². The Hall–Kier alpha value is -2.93. The fourth-order valence-corrected chi connectivity index (χ4v) is 4.03. The van der Waals surface area contributed by atoms with E-state index in [2.05, 4.69) is 45.4 Å². The van der Waals surface area contributed by atoms with E-state index in [-0.39, 0.29) is 5.91 Å². The number of likely N-dealkylation sites (tertiary alicyclic amines) is 1. The van der Waals surface area contributed by atoms with Crippen LogP contribution >= 0.6 is 0 Å². The van der Waals surface area contributed by atoms with Crippen LogP contribution in [0.5, 0.6) is 5.75 Å². The highest BCUT2D eigenvalue weighted by Crippen LogP contribution is 2.24. The minimum atomic E-state index is 0.0206. The largest absolute Gasteiger partial charge is 0.492 e. The maximum absolute atomic E-state index is 12.5. The van der Waals surface area contributed by atoms with Crippen molar-refractivity contribution in [2.24, 2.45) is 0 Å². The number of aromatic nitrogens is 3. The molecule has 0 aliphatic carbocycles. The molecule has 29 heavy (non-hydrogen) atoms. The van der Waals surface area contributed by atoms with Gasteiger partial charge in [-0.3, -0.25) is 4.79 Å². The van der Waals surface area contributed by atoms with Gasteiger partial charge in [0, 0.05) is 12.8 Å². The number of amides is 1. The molecular formula is C22H28N5O2+. The van der Waals surface area contributed by atoms with Gasteiger partial charge in [0.05, 0.1) is 36.9 Å². The lowest BCUT2D eigenvalue weighted by Gasteiger charge is -2.29. The molecule has 1 aromatic heterocycles. The minimum Gasteiger partial charge on any atom is -0.492 e. The number of carbonyl (C=O) groups is 1. The third-order valence-corrected chi connectivity index (χ3v) is 5.51. The second-order valence-corrected chi connectivity index (χ2v) is 7.66. The fourth-order valence-electron chi connectivity index (χ4n) is 4.03. The lowest BCUT2D eigenvalue weighted by Crippen LogP contribution is -3.14. The second kappa shape index (κ2) is 8.61. The molecule has 7 nitrogen and oxygen atoms in total. The molecular weight excluding hydrogens is 366 g/mol. The Morgan fingerprint density at radius 2 is 2.03 bits per heavy atom. The van der Waals surface area contributed by atoms with Gasteiger partial charge in [-0.2, -0.15) is 0 Å². The number of aryl methyl sites for hydroxylation is 1. The highest BCUT2D eigenvalue weighted by atomic mass is 16.5. The summed E-state index contributed by atoms with van der Waals surface area (Å²) in [4.78, 5) is 13.8. The molecule has 0 radical (unpaired) electrons. The average Bonchev–Trinajstić information content (AvgIpc) is 3.13. The van der Waals surface area contributed by atoms with Gasteiger partial charge in [-0.15, -0.1) is 5.10 Å². The molecule has 0 unspecified atom stereocenters. The summed E-state index contributed by atoms with van der Waals surface area (Å²) in [6, 6.07) is 14.2. The van der Waals surface area contributed by atoms with Crippen molar-refractivity contribution in [3.05, 3.63) is 48.0 Å². The van der Waals surface area contributed by atoms with E-state index in [4.69, 9.17) is 4.74 Å². The van der Waals surface area contributed by atoms with Gasteiger partial charge in [-0.25, -0.2) is 4.68 Å². The number of fused-ring (bicyclic) bond motifs is 1. The van der Waals surface area contributed by atoms with Crippen molar-refractivity contribution in [3.63, 3.8) is 0 Å². The topological polar surface area (TPSA) is 73.5 Å². The standard InChI is InChI=1S/C22H27N5O2/c1-3-29-21-7-5-4-6-18(21)23-22(28)15-26-12-10-17(11-13-26)27-20-9-8-16(2)14-19(20)24-25-27/h4-9,14,17H,3,10-13,15H2,1-2H3,(H,23,28)/p+1. The summed E-state index contributed by atoms with van der Waals surface area (Å²) in [7, 11) is 0. The monoisotopic (exact) mass is 394 g/mol. The first-order valence-electron chi connectivity index (χ1n) is 10.3. The third kappa shape index (κ3) is 4.40. The van der Waals surface area contributed by atoms with Gasteiger partial charge in [0.2, 0.25) is 0 Å². The van der Waals surface area contributed by atoms with E-state index in [1.54, 1.807) is 0 Å². The summed E-state index contributed by atoms with van der Waals surface area (Å²) in [5.41, 5.74) is 3.97. The Morgan fingerprint density at radius 1 is 1.24 bits per heavy atom. The van der Waals surface area contributed by atoms with Crippen LogP contribution in [0.3, 0.4) is 0 Å². The van der Waals surface area contributed by atoms with Gasteiger partial charge in [0.25, 0.3) is 5.91 Å². The van der Waals surface area contributed by atoms with Crippen LogP contribution in [-0.2, 0) is 4.79 Å². The SMILES string of the molecule is CCOc1ccccc1NC(=O)C[NH+]1CCC(n2nnc3cc(C)ccc32)CC1. The van der Waals surface area contributed by atoms with Crippen molar-refractivity contribution >= 4 is 22.6 Å². The zero-order chi connectivity index (χ0) is 20.2. The van der Waals surface area contributed by atoms with Gasteiger partial charge in [0.1, 0.15) is 11.3 Å². The Balaban J connectivity index is 1.33. The van der Waals surface area contributed by atoms with E-state index < -0.39 is 0 Å². The molecule has 1 fully saturated rings. The number of anilines is 1. The van der Waals surface area contributed by atoms with Gasteiger partial charge in [0.15, 0.2) is 6.54 Å². The zero-order valence-corrected chi connectivity index (χ0v) is 17.0. The molecule has 2 heterocycles. The maximum Gasteiger partial charge on any atom is 0.279 e. The van der Waals surface area contributed by atoms with E-state index in [1.165, 1.54) is 10.5 Å². The highest BCUT2D eigenvalue weighted by molar-refractivity contribution is 5.92. The van der Waals surface area contributed by atoms with Crippen LogP contribution in [0.4, 0.5) is 5.69 Å². The van der Waals surface area contributed by atoms with E-state index in [9.17, 15) is 4.79 Å². The predicted molar refractivity (Wildman–Crippen MR) is 112 cm³/mol. The molecule has 1 saturated heterocycles. The molecule has 0 spiro atoms.